The first-order chi connectivity index (χ1) is 7.27. The SMILES string of the molecule is CC.Cc1cccc(-c2nncn2C)c1. The summed E-state index contributed by atoms with van der Waals surface area (Å²) in [5.74, 6) is 0.906. The summed E-state index contributed by atoms with van der Waals surface area (Å²) in [5.41, 5.74) is 2.35. The van der Waals surface area contributed by atoms with Crippen LogP contribution in [-0.2, 0) is 7.05 Å². The highest BCUT2D eigenvalue weighted by molar-refractivity contribution is 5.55. The quantitative estimate of drug-likeness (QED) is 0.713. The van der Waals surface area contributed by atoms with Gasteiger partial charge in [-0.05, 0) is 13.0 Å². The molecule has 3 nitrogen and oxygen atoms in total. The van der Waals surface area contributed by atoms with Crippen molar-refractivity contribution < 1.29 is 0 Å². The highest BCUT2D eigenvalue weighted by Gasteiger charge is 2.02. The van der Waals surface area contributed by atoms with Gasteiger partial charge >= 0.3 is 0 Å². The smallest absolute Gasteiger partial charge is 0.163 e. The number of benzene rings is 1. The van der Waals surface area contributed by atoms with Crippen molar-refractivity contribution in [1.82, 2.24) is 14.8 Å². The molecule has 1 aromatic carbocycles. The van der Waals surface area contributed by atoms with Crippen molar-refractivity contribution in [1.29, 1.82) is 0 Å². The second kappa shape index (κ2) is 5.29. The van der Waals surface area contributed by atoms with Crippen molar-refractivity contribution in [3.63, 3.8) is 0 Å². The largest absolute Gasteiger partial charge is 0.317 e. The van der Waals surface area contributed by atoms with Crippen molar-refractivity contribution in [3.8, 4) is 11.4 Å². The Balaban J connectivity index is 0.000000531. The van der Waals surface area contributed by atoms with Gasteiger partial charge in [-0.1, -0.05) is 37.6 Å². The summed E-state index contributed by atoms with van der Waals surface area (Å²) in [6, 6.07) is 8.24. The Kier molecular flexibility index (Phi) is 4.03. The van der Waals surface area contributed by atoms with Crippen LogP contribution in [-0.4, -0.2) is 14.8 Å². The molecule has 3 heteroatoms. The standard InChI is InChI=1S/C10H11N3.C2H6/c1-8-4-3-5-9(6-8)10-12-11-7-13(10)2;1-2/h3-7H,1-2H3;1-2H3. The minimum atomic E-state index is 0.906. The lowest BCUT2D eigenvalue weighted by Crippen LogP contribution is -1.90. The zero-order valence-corrected chi connectivity index (χ0v) is 9.73. The van der Waals surface area contributed by atoms with E-state index in [1.54, 1.807) is 6.33 Å². The predicted octanol–water partition coefficient (Wildman–Crippen LogP) is 2.82. The van der Waals surface area contributed by atoms with Crippen LogP contribution in [0.15, 0.2) is 30.6 Å². The van der Waals surface area contributed by atoms with Crippen LogP contribution in [0.3, 0.4) is 0 Å². The van der Waals surface area contributed by atoms with Gasteiger partial charge in [-0.15, -0.1) is 10.2 Å². The van der Waals surface area contributed by atoms with Crippen molar-refractivity contribution in [2.24, 2.45) is 7.05 Å². The third kappa shape index (κ3) is 2.65. The zero-order valence-electron chi connectivity index (χ0n) is 9.73. The van der Waals surface area contributed by atoms with Crippen LogP contribution in [0.2, 0.25) is 0 Å². The Morgan fingerprint density at radius 2 is 1.93 bits per heavy atom. The van der Waals surface area contributed by atoms with Crippen molar-refractivity contribution in [2.75, 3.05) is 0 Å². The normalized spacial score (nSPS) is 9.33. The van der Waals surface area contributed by atoms with Crippen LogP contribution in [0.25, 0.3) is 11.4 Å². The molecule has 80 valence electrons. The first-order valence-electron chi connectivity index (χ1n) is 5.18. The summed E-state index contributed by atoms with van der Waals surface area (Å²) in [7, 11) is 1.94. The lowest BCUT2D eigenvalue weighted by molar-refractivity contribution is 0.919. The van der Waals surface area contributed by atoms with E-state index >= 15 is 0 Å². The van der Waals surface area contributed by atoms with E-state index in [1.807, 2.05) is 37.6 Å². The molecule has 0 aliphatic rings. The van der Waals surface area contributed by atoms with Gasteiger partial charge in [0.25, 0.3) is 0 Å². The average Bonchev–Trinajstić information content (AvgIpc) is 2.67. The highest BCUT2D eigenvalue weighted by Crippen LogP contribution is 2.16. The fourth-order valence-electron chi connectivity index (χ4n) is 1.33. The molecular formula is C12H17N3. The lowest BCUT2D eigenvalue weighted by Gasteiger charge is -2.00. The lowest BCUT2D eigenvalue weighted by atomic mass is 10.1. The number of hydrogen-bond donors (Lipinski definition) is 0. The number of aryl methyl sites for hydroxylation is 2. The maximum Gasteiger partial charge on any atom is 0.163 e. The van der Waals surface area contributed by atoms with Crippen LogP contribution in [0.4, 0.5) is 0 Å². The zero-order chi connectivity index (χ0) is 11.3. The molecule has 15 heavy (non-hydrogen) atoms. The van der Waals surface area contributed by atoms with E-state index in [4.69, 9.17) is 0 Å². The molecule has 1 aromatic heterocycles. The molecule has 2 rings (SSSR count). The second-order valence-corrected chi connectivity index (χ2v) is 3.13. The molecule has 0 atom stereocenters. The summed E-state index contributed by atoms with van der Waals surface area (Å²) in [4.78, 5) is 0. The van der Waals surface area contributed by atoms with Gasteiger partial charge < -0.3 is 4.57 Å². The van der Waals surface area contributed by atoms with Crippen molar-refractivity contribution >= 4 is 0 Å². The van der Waals surface area contributed by atoms with E-state index in [9.17, 15) is 0 Å². The molecule has 0 saturated carbocycles. The second-order valence-electron chi connectivity index (χ2n) is 3.13. The Bertz CT molecular complexity index is 418. The molecule has 0 spiro atoms. The predicted molar refractivity (Wildman–Crippen MR) is 62.5 cm³/mol. The van der Waals surface area contributed by atoms with Crippen LogP contribution in [0.1, 0.15) is 19.4 Å². The highest BCUT2D eigenvalue weighted by atomic mass is 15.2. The molecular weight excluding hydrogens is 186 g/mol. The fourth-order valence-corrected chi connectivity index (χ4v) is 1.33. The molecule has 0 amide bonds. The Morgan fingerprint density at radius 3 is 2.47 bits per heavy atom. The van der Waals surface area contributed by atoms with Gasteiger partial charge in [0.2, 0.25) is 0 Å². The van der Waals surface area contributed by atoms with Crippen molar-refractivity contribution in [3.05, 3.63) is 36.2 Å². The topological polar surface area (TPSA) is 30.7 Å². The maximum atomic E-state index is 4.04. The van der Waals surface area contributed by atoms with Crippen molar-refractivity contribution in [2.45, 2.75) is 20.8 Å². The number of rotatable bonds is 1. The number of hydrogen-bond acceptors (Lipinski definition) is 2. The molecule has 0 saturated heterocycles. The first kappa shape index (κ1) is 11.4. The monoisotopic (exact) mass is 203 g/mol. The van der Waals surface area contributed by atoms with Gasteiger partial charge in [0.05, 0.1) is 0 Å². The van der Waals surface area contributed by atoms with Crippen LogP contribution < -0.4 is 0 Å². The molecule has 0 N–H and O–H groups in total. The van der Waals surface area contributed by atoms with Gasteiger partial charge in [0.15, 0.2) is 5.82 Å². The van der Waals surface area contributed by atoms with Gasteiger partial charge in [-0.3, -0.25) is 0 Å². The van der Waals surface area contributed by atoms with Gasteiger partial charge in [-0.2, -0.15) is 0 Å². The minimum Gasteiger partial charge on any atom is -0.317 e. The molecule has 0 bridgehead atoms. The van der Waals surface area contributed by atoms with Crippen LogP contribution in [0.5, 0.6) is 0 Å². The van der Waals surface area contributed by atoms with E-state index in [1.165, 1.54) is 5.56 Å². The van der Waals surface area contributed by atoms with Gasteiger partial charge in [0, 0.05) is 12.6 Å². The fraction of sp³-hybridized carbons (Fsp3) is 0.333. The maximum absolute atomic E-state index is 4.04. The summed E-state index contributed by atoms with van der Waals surface area (Å²) in [6.45, 7) is 6.07. The van der Waals surface area contributed by atoms with E-state index in [0.29, 0.717) is 0 Å². The van der Waals surface area contributed by atoms with Crippen LogP contribution >= 0.6 is 0 Å². The van der Waals surface area contributed by atoms with E-state index in [-0.39, 0.29) is 0 Å². The third-order valence-corrected chi connectivity index (χ3v) is 1.99. The summed E-state index contributed by atoms with van der Waals surface area (Å²) < 4.78 is 1.91. The van der Waals surface area contributed by atoms with E-state index in [0.717, 1.165) is 11.4 Å². The minimum absolute atomic E-state index is 0.906. The van der Waals surface area contributed by atoms with Gasteiger partial charge in [0.1, 0.15) is 6.33 Å². The summed E-state index contributed by atoms with van der Waals surface area (Å²) in [5, 5.41) is 7.88. The molecule has 0 radical (unpaired) electrons. The molecule has 2 aromatic rings. The molecule has 0 unspecified atom stereocenters. The first-order valence-corrected chi connectivity index (χ1v) is 5.18. The molecule has 0 aliphatic carbocycles. The Hall–Kier alpha value is -1.64. The third-order valence-electron chi connectivity index (χ3n) is 1.99. The Labute approximate surface area is 90.8 Å². The van der Waals surface area contributed by atoms with Crippen LogP contribution in [0, 0.1) is 6.92 Å². The Morgan fingerprint density at radius 1 is 1.20 bits per heavy atom. The van der Waals surface area contributed by atoms with Gasteiger partial charge in [-0.25, -0.2) is 0 Å². The molecule has 1 heterocycles. The number of aromatic nitrogens is 3. The number of nitrogens with zero attached hydrogens (tertiary/aromatic N) is 3. The summed E-state index contributed by atoms with van der Waals surface area (Å²) in [6.07, 6.45) is 1.71. The van der Waals surface area contributed by atoms with E-state index < -0.39 is 0 Å². The average molecular weight is 203 g/mol. The summed E-state index contributed by atoms with van der Waals surface area (Å²) >= 11 is 0. The molecule has 0 aliphatic heterocycles. The molecule has 0 fully saturated rings. The van der Waals surface area contributed by atoms with E-state index in [2.05, 4.69) is 29.3 Å².